The van der Waals surface area contributed by atoms with Crippen LogP contribution in [0.2, 0.25) is 0 Å². The lowest BCUT2D eigenvalue weighted by Gasteiger charge is -2.35. The molecule has 2 unspecified atom stereocenters. The maximum absolute atomic E-state index is 5.76. The Labute approximate surface area is 119 Å². The van der Waals surface area contributed by atoms with Gasteiger partial charge >= 0.3 is 6.01 Å². The molecule has 0 aromatic carbocycles. The Bertz CT molecular complexity index is 396. The minimum Gasteiger partial charge on any atom is -0.407 e. The highest BCUT2D eigenvalue weighted by Crippen LogP contribution is 2.28. The van der Waals surface area contributed by atoms with Crippen LogP contribution in [-0.2, 0) is 6.54 Å². The van der Waals surface area contributed by atoms with Gasteiger partial charge in [0.05, 0.1) is 6.54 Å². The molecule has 1 aromatic heterocycles. The van der Waals surface area contributed by atoms with Gasteiger partial charge in [0.25, 0.3) is 0 Å². The second-order valence-corrected chi connectivity index (χ2v) is 7.00. The van der Waals surface area contributed by atoms with E-state index in [1.807, 2.05) is 11.8 Å². The van der Waals surface area contributed by atoms with Crippen molar-refractivity contribution in [2.75, 3.05) is 23.7 Å². The standard InChI is InChI=1S/C13H24N4OS/c1-9(2)7-14-8-12-15-16-13(18-12)17-5-6-19-11(4)10(17)3/h9-11,14H,5-8H2,1-4H3. The summed E-state index contributed by atoms with van der Waals surface area (Å²) >= 11 is 2.00. The van der Waals surface area contributed by atoms with Crippen molar-refractivity contribution < 1.29 is 4.42 Å². The van der Waals surface area contributed by atoms with Crippen LogP contribution in [0.15, 0.2) is 4.42 Å². The normalized spacial score (nSPS) is 24.2. The van der Waals surface area contributed by atoms with E-state index >= 15 is 0 Å². The molecule has 1 fully saturated rings. The van der Waals surface area contributed by atoms with Gasteiger partial charge in [-0.3, -0.25) is 0 Å². The molecule has 1 N–H and O–H groups in total. The molecule has 0 spiro atoms. The van der Waals surface area contributed by atoms with E-state index in [-0.39, 0.29) is 0 Å². The van der Waals surface area contributed by atoms with Crippen LogP contribution in [0.1, 0.15) is 33.6 Å². The van der Waals surface area contributed by atoms with E-state index in [0.29, 0.717) is 35.7 Å². The van der Waals surface area contributed by atoms with Gasteiger partial charge in [-0.1, -0.05) is 25.9 Å². The van der Waals surface area contributed by atoms with Crippen molar-refractivity contribution in [1.29, 1.82) is 0 Å². The minimum absolute atomic E-state index is 0.440. The molecular weight excluding hydrogens is 260 g/mol. The van der Waals surface area contributed by atoms with E-state index in [4.69, 9.17) is 4.42 Å². The van der Waals surface area contributed by atoms with Crippen LogP contribution in [0.5, 0.6) is 0 Å². The molecule has 2 rings (SSSR count). The summed E-state index contributed by atoms with van der Waals surface area (Å²) in [6.45, 7) is 11.4. The fourth-order valence-corrected chi connectivity index (χ4v) is 3.20. The zero-order valence-electron chi connectivity index (χ0n) is 12.2. The summed E-state index contributed by atoms with van der Waals surface area (Å²) in [5.74, 6) is 2.42. The molecule has 0 bridgehead atoms. The van der Waals surface area contributed by atoms with Crippen molar-refractivity contribution >= 4 is 17.8 Å². The Morgan fingerprint density at radius 1 is 1.42 bits per heavy atom. The topological polar surface area (TPSA) is 54.2 Å². The third-order valence-corrected chi connectivity index (χ3v) is 4.75. The van der Waals surface area contributed by atoms with E-state index < -0.39 is 0 Å². The summed E-state index contributed by atoms with van der Waals surface area (Å²) in [7, 11) is 0. The summed E-state index contributed by atoms with van der Waals surface area (Å²) < 4.78 is 5.76. The Balaban J connectivity index is 1.92. The molecule has 2 heterocycles. The number of aromatic nitrogens is 2. The molecule has 1 aromatic rings. The highest BCUT2D eigenvalue weighted by Gasteiger charge is 2.28. The van der Waals surface area contributed by atoms with Gasteiger partial charge in [0.15, 0.2) is 0 Å². The highest BCUT2D eigenvalue weighted by atomic mass is 32.2. The van der Waals surface area contributed by atoms with E-state index in [2.05, 4.69) is 48.1 Å². The highest BCUT2D eigenvalue weighted by molar-refractivity contribution is 8.00. The first kappa shape index (κ1) is 14.7. The first-order valence-corrected chi connectivity index (χ1v) is 8.04. The Kier molecular flexibility index (Phi) is 5.10. The van der Waals surface area contributed by atoms with Crippen molar-refractivity contribution in [3.8, 4) is 0 Å². The molecule has 0 radical (unpaired) electrons. The molecule has 19 heavy (non-hydrogen) atoms. The molecule has 1 aliphatic rings. The average Bonchev–Trinajstić information content (AvgIpc) is 2.81. The molecule has 0 aliphatic carbocycles. The quantitative estimate of drug-likeness (QED) is 0.894. The Hall–Kier alpha value is -0.750. The van der Waals surface area contributed by atoms with Gasteiger partial charge in [0, 0.05) is 23.6 Å². The van der Waals surface area contributed by atoms with Gasteiger partial charge in [0.1, 0.15) is 0 Å². The molecule has 2 atom stereocenters. The minimum atomic E-state index is 0.440. The van der Waals surface area contributed by atoms with E-state index in [1.165, 1.54) is 0 Å². The predicted octanol–water partition coefficient (Wildman–Crippen LogP) is 2.15. The van der Waals surface area contributed by atoms with Gasteiger partial charge in [-0.2, -0.15) is 11.8 Å². The molecule has 108 valence electrons. The van der Waals surface area contributed by atoms with Crippen molar-refractivity contribution in [3.05, 3.63) is 5.89 Å². The van der Waals surface area contributed by atoms with Crippen LogP contribution in [0.4, 0.5) is 6.01 Å². The monoisotopic (exact) mass is 284 g/mol. The van der Waals surface area contributed by atoms with Crippen LogP contribution >= 0.6 is 11.8 Å². The van der Waals surface area contributed by atoms with Crippen LogP contribution in [0, 0.1) is 5.92 Å². The molecule has 5 nitrogen and oxygen atoms in total. The molecule has 6 heteroatoms. The second kappa shape index (κ2) is 6.61. The number of rotatable bonds is 5. The third-order valence-electron chi connectivity index (χ3n) is 3.41. The van der Waals surface area contributed by atoms with Crippen molar-refractivity contribution in [3.63, 3.8) is 0 Å². The van der Waals surface area contributed by atoms with Crippen LogP contribution in [-0.4, -0.2) is 40.3 Å². The average molecular weight is 284 g/mol. The second-order valence-electron chi connectivity index (χ2n) is 5.51. The van der Waals surface area contributed by atoms with Gasteiger partial charge in [-0.15, -0.1) is 5.10 Å². The fraction of sp³-hybridized carbons (Fsp3) is 0.846. The third kappa shape index (κ3) is 3.86. The zero-order valence-corrected chi connectivity index (χ0v) is 13.0. The van der Waals surface area contributed by atoms with E-state index in [0.717, 1.165) is 18.8 Å². The summed E-state index contributed by atoms with van der Waals surface area (Å²) in [6.07, 6.45) is 0. The van der Waals surface area contributed by atoms with E-state index in [1.54, 1.807) is 0 Å². The van der Waals surface area contributed by atoms with E-state index in [9.17, 15) is 0 Å². The van der Waals surface area contributed by atoms with Gasteiger partial charge in [0.2, 0.25) is 5.89 Å². The van der Waals surface area contributed by atoms with Gasteiger partial charge in [-0.05, 0) is 19.4 Å². The molecule has 0 amide bonds. The smallest absolute Gasteiger partial charge is 0.318 e. The fourth-order valence-electron chi connectivity index (χ4n) is 2.10. The molecular formula is C13H24N4OS. The maximum Gasteiger partial charge on any atom is 0.318 e. The number of nitrogens with zero attached hydrogens (tertiary/aromatic N) is 3. The number of nitrogens with one attached hydrogen (secondary N) is 1. The van der Waals surface area contributed by atoms with Crippen molar-refractivity contribution in [1.82, 2.24) is 15.5 Å². The lowest BCUT2D eigenvalue weighted by atomic mass is 10.2. The van der Waals surface area contributed by atoms with Crippen LogP contribution in [0.3, 0.4) is 0 Å². The first-order chi connectivity index (χ1) is 9.08. The van der Waals surface area contributed by atoms with Gasteiger partial charge in [-0.25, -0.2) is 0 Å². The lowest BCUT2D eigenvalue weighted by Crippen LogP contribution is -2.44. The maximum atomic E-state index is 5.76. The number of hydrogen-bond acceptors (Lipinski definition) is 6. The first-order valence-electron chi connectivity index (χ1n) is 6.99. The predicted molar refractivity (Wildman–Crippen MR) is 79.6 cm³/mol. The number of hydrogen-bond donors (Lipinski definition) is 1. The van der Waals surface area contributed by atoms with Crippen molar-refractivity contribution in [2.45, 2.75) is 45.5 Å². The largest absolute Gasteiger partial charge is 0.407 e. The number of thioether (sulfide) groups is 1. The summed E-state index contributed by atoms with van der Waals surface area (Å²) in [4.78, 5) is 2.22. The molecule has 0 saturated carbocycles. The molecule has 1 aliphatic heterocycles. The zero-order chi connectivity index (χ0) is 13.8. The summed E-state index contributed by atoms with van der Waals surface area (Å²) in [5.41, 5.74) is 0. The SMILES string of the molecule is CC(C)CNCc1nnc(N2CCSC(C)C2C)o1. The van der Waals surface area contributed by atoms with Crippen LogP contribution < -0.4 is 10.2 Å². The Morgan fingerprint density at radius 3 is 2.95 bits per heavy atom. The summed E-state index contributed by atoms with van der Waals surface area (Å²) in [5, 5.41) is 12.2. The van der Waals surface area contributed by atoms with Crippen molar-refractivity contribution in [2.24, 2.45) is 5.92 Å². The Morgan fingerprint density at radius 2 is 2.21 bits per heavy atom. The molecule has 1 saturated heterocycles. The summed E-state index contributed by atoms with van der Waals surface area (Å²) in [6, 6.07) is 1.11. The van der Waals surface area contributed by atoms with Gasteiger partial charge < -0.3 is 14.6 Å². The number of anilines is 1. The lowest BCUT2D eigenvalue weighted by molar-refractivity contribution is 0.437. The van der Waals surface area contributed by atoms with Crippen LogP contribution in [0.25, 0.3) is 0 Å².